The predicted octanol–water partition coefficient (Wildman–Crippen LogP) is 4.67. The Morgan fingerprint density at radius 2 is 1.85 bits per heavy atom. The van der Waals surface area contributed by atoms with E-state index in [0.717, 1.165) is 0 Å². The number of carbonyl (C=O) groups excluding carboxylic acids is 1. The molecule has 0 fully saturated rings. The molecule has 0 atom stereocenters. The lowest BCUT2D eigenvalue weighted by molar-refractivity contribution is -0.383. The number of hydrogen-bond donors (Lipinski definition) is 1. The second-order valence-electron chi connectivity index (χ2n) is 5.24. The molecular formula is C18H13ClN2O5. The first-order chi connectivity index (χ1) is 12.5. The minimum absolute atomic E-state index is 0.0258. The molecule has 0 aliphatic heterocycles. The second-order valence-corrected chi connectivity index (χ2v) is 5.67. The van der Waals surface area contributed by atoms with Crippen LogP contribution in [-0.4, -0.2) is 10.8 Å². The lowest BCUT2D eigenvalue weighted by atomic mass is 10.2. The smallest absolute Gasteiger partial charge is 0.292 e. The van der Waals surface area contributed by atoms with Gasteiger partial charge in [0.1, 0.15) is 23.8 Å². The first-order valence-electron chi connectivity index (χ1n) is 7.55. The van der Waals surface area contributed by atoms with Crippen LogP contribution in [0.25, 0.3) is 0 Å². The molecule has 0 spiro atoms. The van der Waals surface area contributed by atoms with Crippen molar-refractivity contribution in [1.82, 2.24) is 0 Å². The molecule has 0 saturated carbocycles. The van der Waals surface area contributed by atoms with E-state index in [4.69, 9.17) is 20.8 Å². The Morgan fingerprint density at radius 3 is 2.58 bits per heavy atom. The fourth-order valence-electron chi connectivity index (χ4n) is 2.19. The van der Waals surface area contributed by atoms with Crippen molar-refractivity contribution in [1.29, 1.82) is 0 Å². The van der Waals surface area contributed by atoms with Gasteiger partial charge in [0.05, 0.1) is 4.92 Å². The zero-order valence-electron chi connectivity index (χ0n) is 13.3. The highest BCUT2D eigenvalue weighted by Gasteiger charge is 2.18. The summed E-state index contributed by atoms with van der Waals surface area (Å²) in [4.78, 5) is 22.7. The summed E-state index contributed by atoms with van der Waals surface area (Å²) in [6.07, 6.45) is 0. The topological polar surface area (TPSA) is 94.6 Å². The molecule has 132 valence electrons. The van der Waals surface area contributed by atoms with E-state index < -0.39 is 10.8 Å². The first-order valence-corrected chi connectivity index (χ1v) is 7.92. The minimum Gasteiger partial charge on any atom is -0.486 e. The number of amides is 1. The number of benzene rings is 2. The maximum absolute atomic E-state index is 12.2. The number of ether oxygens (including phenoxy) is 1. The number of hydrogen-bond acceptors (Lipinski definition) is 5. The van der Waals surface area contributed by atoms with Crippen molar-refractivity contribution in [3.63, 3.8) is 0 Å². The maximum Gasteiger partial charge on any atom is 0.292 e. The average molecular weight is 373 g/mol. The number of nitro groups is 1. The summed E-state index contributed by atoms with van der Waals surface area (Å²) < 4.78 is 11.0. The van der Waals surface area contributed by atoms with Gasteiger partial charge in [-0.05, 0) is 42.5 Å². The maximum atomic E-state index is 12.2. The van der Waals surface area contributed by atoms with Gasteiger partial charge in [-0.3, -0.25) is 14.9 Å². The average Bonchev–Trinajstić information content (AvgIpc) is 3.11. The molecule has 1 N–H and O–H groups in total. The molecular weight excluding hydrogens is 360 g/mol. The van der Waals surface area contributed by atoms with E-state index >= 15 is 0 Å². The Bertz CT molecular complexity index is 937. The summed E-state index contributed by atoms with van der Waals surface area (Å²) in [6, 6.07) is 15.8. The normalized spacial score (nSPS) is 10.3. The molecule has 3 rings (SSSR count). The minimum atomic E-state index is -0.586. The third-order valence-electron chi connectivity index (χ3n) is 3.43. The number of halogens is 1. The van der Waals surface area contributed by atoms with Crippen LogP contribution >= 0.6 is 11.6 Å². The zero-order valence-corrected chi connectivity index (χ0v) is 14.1. The molecule has 8 heteroatoms. The monoisotopic (exact) mass is 372 g/mol. The standard InChI is InChI=1S/C18H13ClN2O5/c19-12-5-7-13(8-6-12)25-11-14-9-10-17(26-14)18(22)20-15-3-1-2-4-16(15)21(23)24/h1-10H,11H2,(H,20,22). The van der Waals surface area contributed by atoms with E-state index in [9.17, 15) is 14.9 Å². The Balaban J connectivity index is 1.65. The Labute approximate surface area is 153 Å². The van der Waals surface area contributed by atoms with Gasteiger partial charge in [-0.1, -0.05) is 23.7 Å². The van der Waals surface area contributed by atoms with Crippen LogP contribution in [0.3, 0.4) is 0 Å². The van der Waals surface area contributed by atoms with E-state index in [-0.39, 0.29) is 23.7 Å². The number of nitro benzene ring substituents is 1. The molecule has 1 amide bonds. The lowest BCUT2D eigenvalue weighted by Gasteiger charge is -2.05. The fraction of sp³-hybridized carbons (Fsp3) is 0.0556. The molecule has 0 saturated heterocycles. The van der Waals surface area contributed by atoms with Crippen molar-refractivity contribution in [2.45, 2.75) is 6.61 Å². The fourth-order valence-corrected chi connectivity index (χ4v) is 2.31. The summed E-state index contributed by atoms with van der Waals surface area (Å²) in [5.74, 6) is 0.485. The van der Waals surface area contributed by atoms with Crippen LogP contribution in [-0.2, 0) is 6.61 Å². The highest BCUT2D eigenvalue weighted by Crippen LogP contribution is 2.24. The highest BCUT2D eigenvalue weighted by molar-refractivity contribution is 6.30. The molecule has 0 aliphatic rings. The SMILES string of the molecule is O=C(Nc1ccccc1[N+](=O)[O-])c1ccc(COc2ccc(Cl)cc2)o1. The van der Waals surface area contributed by atoms with Crippen molar-refractivity contribution in [3.05, 3.63) is 87.3 Å². The van der Waals surface area contributed by atoms with Crippen LogP contribution in [0.4, 0.5) is 11.4 Å². The molecule has 3 aromatic rings. The second kappa shape index (κ2) is 7.71. The van der Waals surface area contributed by atoms with Crippen LogP contribution in [0.15, 0.2) is 65.1 Å². The number of carbonyl (C=O) groups is 1. The van der Waals surface area contributed by atoms with E-state index in [1.54, 1.807) is 36.4 Å². The van der Waals surface area contributed by atoms with E-state index in [0.29, 0.717) is 16.5 Å². The van der Waals surface area contributed by atoms with Crippen molar-refractivity contribution in [2.24, 2.45) is 0 Å². The van der Waals surface area contributed by atoms with Gasteiger partial charge in [-0.25, -0.2) is 0 Å². The molecule has 26 heavy (non-hydrogen) atoms. The van der Waals surface area contributed by atoms with Gasteiger partial charge in [0, 0.05) is 11.1 Å². The summed E-state index contributed by atoms with van der Waals surface area (Å²) in [5.41, 5.74) is -0.100. The Morgan fingerprint density at radius 1 is 1.12 bits per heavy atom. The summed E-state index contributed by atoms with van der Waals surface area (Å²) >= 11 is 5.80. The molecule has 0 unspecified atom stereocenters. The van der Waals surface area contributed by atoms with Crippen molar-refractivity contribution in [2.75, 3.05) is 5.32 Å². The molecule has 2 aromatic carbocycles. The van der Waals surface area contributed by atoms with Gasteiger partial charge < -0.3 is 14.5 Å². The molecule has 1 aromatic heterocycles. The van der Waals surface area contributed by atoms with Crippen LogP contribution in [0.5, 0.6) is 5.75 Å². The lowest BCUT2D eigenvalue weighted by Crippen LogP contribution is -2.12. The van der Waals surface area contributed by atoms with Crippen LogP contribution in [0.2, 0.25) is 5.02 Å². The molecule has 0 radical (unpaired) electrons. The number of nitrogens with one attached hydrogen (secondary N) is 1. The number of nitrogens with zero attached hydrogens (tertiary/aromatic N) is 1. The van der Waals surface area contributed by atoms with Crippen LogP contribution < -0.4 is 10.1 Å². The van der Waals surface area contributed by atoms with Gasteiger partial charge in [0.15, 0.2) is 5.76 Å². The van der Waals surface area contributed by atoms with Crippen molar-refractivity contribution < 1.29 is 18.9 Å². The van der Waals surface area contributed by atoms with Crippen LogP contribution in [0, 0.1) is 10.1 Å². The Kier molecular flexibility index (Phi) is 5.19. The summed E-state index contributed by atoms with van der Waals surface area (Å²) in [6.45, 7) is 0.125. The number of rotatable bonds is 6. The number of furan rings is 1. The zero-order chi connectivity index (χ0) is 18.5. The Hall–Kier alpha value is -3.32. The largest absolute Gasteiger partial charge is 0.486 e. The summed E-state index contributed by atoms with van der Waals surface area (Å²) in [5, 5.41) is 14.1. The highest BCUT2D eigenvalue weighted by atomic mass is 35.5. The van der Waals surface area contributed by atoms with Gasteiger partial charge in [0.2, 0.25) is 0 Å². The van der Waals surface area contributed by atoms with Gasteiger partial charge in [-0.15, -0.1) is 0 Å². The van der Waals surface area contributed by atoms with E-state index in [1.807, 2.05) is 0 Å². The molecule has 0 aliphatic carbocycles. The molecule has 1 heterocycles. The third kappa shape index (κ3) is 4.20. The van der Waals surface area contributed by atoms with Crippen LogP contribution in [0.1, 0.15) is 16.3 Å². The third-order valence-corrected chi connectivity index (χ3v) is 3.68. The summed E-state index contributed by atoms with van der Waals surface area (Å²) in [7, 11) is 0. The first kappa shape index (κ1) is 17.5. The van der Waals surface area contributed by atoms with Crippen molar-refractivity contribution in [3.8, 4) is 5.75 Å². The van der Waals surface area contributed by atoms with Crippen molar-refractivity contribution >= 4 is 28.9 Å². The van der Waals surface area contributed by atoms with Gasteiger partial charge in [0.25, 0.3) is 11.6 Å². The quantitative estimate of drug-likeness (QED) is 0.501. The molecule has 0 bridgehead atoms. The predicted molar refractivity (Wildman–Crippen MR) is 95.5 cm³/mol. The number of anilines is 1. The molecule has 7 nitrogen and oxygen atoms in total. The number of para-hydroxylation sites is 2. The van der Waals surface area contributed by atoms with Gasteiger partial charge >= 0.3 is 0 Å². The van der Waals surface area contributed by atoms with E-state index in [1.165, 1.54) is 24.3 Å². The van der Waals surface area contributed by atoms with Gasteiger partial charge in [-0.2, -0.15) is 0 Å². The van der Waals surface area contributed by atoms with E-state index in [2.05, 4.69) is 5.32 Å².